The predicted octanol–water partition coefficient (Wildman–Crippen LogP) is 6.62. The van der Waals surface area contributed by atoms with E-state index in [-0.39, 0.29) is 0 Å². The first-order valence-corrected chi connectivity index (χ1v) is 10.2. The second-order valence-electron chi connectivity index (χ2n) is 7.15. The SMILES string of the molecule is CCCCC/C=C\C/C=C\C/C=C\CCCC(C)(C(=O)O)c1cccnc1. The minimum atomic E-state index is -0.870. The average molecular weight is 370 g/mol. The number of pyridine rings is 1. The monoisotopic (exact) mass is 369 g/mol. The lowest BCUT2D eigenvalue weighted by Crippen LogP contribution is -2.32. The van der Waals surface area contributed by atoms with Crippen molar-refractivity contribution in [2.45, 2.75) is 77.0 Å². The summed E-state index contributed by atoms with van der Waals surface area (Å²) in [6, 6.07) is 3.64. The molecule has 27 heavy (non-hydrogen) atoms. The van der Waals surface area contributed by atoms with Gasteiger partial charge in [0.1, 0.15) is 0 Å². The third kappa shape index (κ3) is 9.37. The molecule has 3 heteroatoms. The van der Waals surface area contributed by atoms with Gasteiger partial charge in [-0.2, -0.15) is 0 Å². The number of unbranched alkanes of at least 4 members (excludes halogenated alkanes) is 4. The van der Waals surface area contributed by atoms with Crippen molar-refractivity contribution in [2.75, 3.05) is 0 Å². The maximum absolute atomic E-state index is 11.7. The number of allylic oxidation sites excluding steroid dienone is 6. The van der Waals surface area contributed by atoms with E-state index in [0.717, 1.165) is 31.2 Å². The van der Waals surface area contributed by atoms with Crippen LogP contribution in [0.2, 0.25) is 0 Å². The Morgan fingerprint density at radius 1 is 1.04 bits per heavy atom. The van der Waals surface area contributed by atoms with Gasteiger partial charge in [-0.3, -0.25) is 9.78 Å². The second-order valence-corrected chi connectivity index (χ2v) is 7.15. The first kappa shape index (κ1) is 22.9. The fourth-order valence-electron chi connectivity index (χ4n) is 2.93. The molecule has 1 aromatic rings. The first-order chi connectivity index (χ1) is 13.1. The number of hydrogen-bond acceptors (Lipinski definition) is 2. The number of carbonyl (C=O) groups is 1. The molecule has 0 amide bonds. The van der Waals surface area contributed by atoms with E-state index in [0.29, 0.717) is 6.42 Å². The summed E-state index contributed by atoms with van der Waals surface area (Å²) in [5.74, 6) is -0.787. The Hall–Kier alpha value is -2.16. The fourth-order valence-corrected chi connectivity index (χ4v) is 2.93. The van der Waals surface area contributed by atoms with Crippen LogP contribution >= 0.6 is 0 Å². The molecule has 0 bridgehead atoms. The van der Waals surface area contributed by atoms with E-state index in [1.54, 1.807) is 25.4 Å². The lowest BCUT2D eigenvalue weighted by atomic mass is 9.79. The van der Waals surface area contributed by atoms with E-state index in [9.17, 15) is 9.90 Å². The molecule has 1 rings (SSSR count). The summed E-state index contributed by atoms with van der Waals surface area (Å²) in [6.07, 6.45) is 25.9. The Morgan fingerprint density at radius 3 is 2.22 bits per heavy atom. The Morgan fingerprint density at radius 2 is 1.67 bits per heavy atom. The van der Waals surface area contributed by atoms with Crippen molar-refractivity contribution in [1.29, 1.82) is 0 Å². The van der Waals surface area contributed by atoms with Crippen LogP contribution in [0.1, 0.15) is 77.2 Å². The molecule has 0 radical (unpaired) electrons. The molecule has 1 aromatic heterocycles. The molecule has 0 aromatic carbocycles. The van der Waals surface area contributed by atoms with Crippen LogP contribution in [0.4, 0.5) is 0 Å². The highest BCUT2D eigenvalue weighted by Crippen LogP contribution is 2.29. The van der Waals surface area contributed by atoms with E-state index in [2.05, 4.69) is 48.4 Å². The van der Waals surface area contributed by atoms with Gasteiger partial charge in [0.2, 0.25) is 0 Å². The van der Waals surface area contributed by atoms with Crippen molar-refractivity contribution in [1.82, 2.24) is 4.98 Å². The van der Waals surface area contributed by atoms with Crippen molar-refractivity contribution in [2.24, 2.45) is 0 Å². The molecular weight excluding hydrogens is 334 g/mol. The van der Waals surface area contributed by atoms with Gasteiger partial charge in [0, 0.05) is 12.4 Å². The summed E-state index contributed by atoms with van der Waals surface area (Å²) in [5.41, 5.74) is -0.0991. The fraction of sp³-hybridized carbons (Fsp3) is 0.500. The maximum atomic E-state index is 11.7. The molecule has 0 aliphatic rings. The highest BCUT2D eigenvalue weighted by Gasteiger charge is 2.34. The van der Waals surface area contributed by atoms with E-state index < -0.39 is 11.4 Å². The van der Waals surface area contributed by atoms with Crippen molar-refractivity contribution in [3.05, 3.63) is 66.5 Å². The lowest BCUT2D eigenvalue weighted by Gasteiger charge is -2.24. The average Bonchev–Trinajstić information content (AvgIpc) is 2.68. The molecule has 1 N–H and O–H groups in total. The minimum Gasteiger partial charge on any atom is -0.481 e. The largest absolute Gasteiger partial charge is 0.481 e. The molecule has 0 saturated heterocycles. The van der Waals surface area contributed by atoms with Gasteiger partial charge in [0.25, 0.3) is 0 Å². The topological polar surface area (TPSA) is 50.2 Å². The van der Waals surface area contributed by atoms with Crippen LogP contribution in [0.15, 0.2) is 61.0 Å². The zero-order valence-corrected chi connectivity index (χ0v) is 16.9. The molecule has 0 spiro atoms. The molecule has 3 nitrogen and oxygen atoms in total. The summed E-state index contributed by atoms with van der Waals surface area (Å²) in [4.78, 5) is 15.8. The predicted molar refractivity (Wildman–Crippen MR) is 114 cm³/mol. The normalized spacial score (nSPS) is 14.3. The zero-order chi connectivity index (χ0) is 19.8. The zero-order valence-electron chi connectivity index (χ0n) is 16.9. The molecular formula is C24H35NO2. The standard InChI is InChI=1S/C24H35NO2/c1-3-4-5-6-7-8-9-10-11-12-13-14-15-16-19-24(2,23(26)27)22-18-17-20-25-21-22/h7-8,10-11,13-14,17-18,20-21H,3-6,9,12,15-16,19H2,1-2H3,(H,26,27)/b8-7-,11-10-,14-13-. The van der Waals surface area contributed by atoms with Gasteiger partial charge in [-0.1, -0.05) is 62.3 Å². The van der Waals surface area contributed by atoms with Crippen molar-refractivity contribution >= 4 is 5.97 Å². The second kappa shape index (κ2) is 14.0. The van der Waals surface area contributed by atoms with Gasteiger partial charge in [-0.25, -0.2) is 0 Å². The van der Waals surface area contributed by atoms with Crippen LogP contribution in [-0.2, 0) is 10.2 Å². The Balaban J connectivity index is 2.23. The van der Waals surface area contributed by atoms with Crippen LogP contribution in [0.3, 0.4) is 0 Å². The van der Waals surface area contributed by atoms with Gasteiger partial charge >= 0.3 is 5.97 Å². The molecule has 148 valence electrons. The number of aliphatic carboxylic acids is 1. The van der Waals surface area contributed by atoms with Crippen molar-refractivity contribution in [3.63, 3.8) is 0 Å². The van der Waals surface area contributed by atoms with Crippen LogP contribution < -0.4 is 0 Å². The molecule has 0 aliphatic heterocycles. The van der Waals surface area contributed by atoms with Gasteiger partial charge in [0.05, 0.1) is 5.41 Å². The molecule has 0 saturated carbocycles. The van der Waals surface area contributed by atoms with E-state index in [1.807, 2.05) is 6.07 Å². The number of rotatable bonds is 14. The van der Waals surface area contributed by atoms with Gasteiger partial charge < -0.3 is 5.11 Å². The summed E-state index contributed by atoms with van der Waals surface area (Å²) in [7, 11) is 0. The van der Waals surface area contributed by atoms with E-state index in [1.165, 1.54) is 25.7 Å². The number of hydrogen-bond donors (Lipinski definition) is 1. The quantitative estimate of drug-likeness (QED) is 0.296. The third-order valence-electron chi connectivity index (χ3n) is 4.84. The summed E-state index contributed by atoms with van der Waals surface area (Å²) < 4.78 is 0. The smallest absolute Gasteiger partial charge is 0.313 e. The molecule has 0 aliphatic carbocycles. The summed E-state index contributed by atoms with van der Waals surface area (Å²) in [5, 5.41) is 9.63. The Bertz CT molecular complexity index is 604. The van der Waals surface area contributed by atoms with E-state index in [4.69, 9.17) is 0 Å². The molecule has 1 atom stereocenters. The summed E-state index contributed by atoms with van der Waals surface area (Å²) in [6.45, 7) is 4.01. The number of aromatic nitrogens is 1. The first-order valence-electron chi connectivity index (χ1n) is 10.2. The van der Waals surface area contributed by atoms with Crippen molar-refractivity contribution in [3.8, 4) is 0 Å². The van der Waals surface area contributed by atoms with Crippen LogP contribution in [0.5, 0.6) is 0 Å². The minimum absolute atomic E-state index is 0.608. The van der Waals surface area contributed by atoms with E-state index >= 15 is 0 Å². The Kier molecular flexibility index (Phi) is 11.8. The lowest BCUT2D eigenvalue weighted by molar-refractivity contribution is -0.143. The third-order valence-corrected chi connectivity index (χ3v) is 4.84. The van der Waals surface area contributed by atoms with Gasteiger partial charge in [-0.05, 0) is 63.5 Å². The van der Waals surface area contributed by atoms with Crippen LogP contribution in [0, 0.1) is 0 Å². The highest BCUT2D eigenvalue weighted by molar-refractivity contribution is 5.80. The van der Waals surface area contributed by atoms with Crippen LogP contribution in [-0.4, -0.2) is 16.1 Å². The molecule has 1 unspecified atom stereocenters. The molecule has 0 fully saturated rings. The molecule has 1 heterocycles. The highest BCUT2D eigenvalue weighted by atomic mass is 16.4. The summed E-state index contributed by atoms with van der Waals surface area (Å²) >= 11 is 0. The van der Waals surface area contributed by atoms with Gasteiger partial charge in [-0.15, -0.1) is 0 Å². The van der Waals surface area contributed by atoms with Gasteiger partial charge in [0.15, 0.2) is 0 Å². The number of carboxylic acids is 1. The number of nitrogens with zero attached hydrogens (tertiary/aromatic N) is 1. The van der Waals surface area contributed by atoms with Crippen LogP contribution in [0.25, 0.3) is 0 Å². The van der Waals surface area contributed by atoms with Crippen molar-refractivity contribution < 1.29 is 9.90 Å². The number of carboxylic acid groups (broad SMARTS) is 1. The Labute approximate surface area is 164 Å². The maximum Gasteiger partial charge on any atom is 0.313 e.